The van der Waals surface area contributed by atoms with Crippen molar-refractivity contribution in [1.82, 2.24) is 14.5 Å². The van der Waals surface area contributed by atoms with E-state index in [4.69, 9.17) is 4.42 Å². The fourth-order valence-corrected chi connectivity index (χ4v) is 2.71. The molecular weight excluding hydrogens is 298 g/mol. The van der Waals surface area contributed by atoms with Gasteiger partial charge in [-0.1, -0.05) is 0 Å². The zero-order valence-electron chi connectivity index (χ0n) is 11.8. The van der Waals surface area contributed by atoms with E-state index >= 15 is 0 Å². The first-order valence-corrected chi connectivity index (χ1v) is 7.91. The van der Waals surface area contributed by atoms with Crippen molar-refractivity contribution in [3.8, 4) is 0 Å². The molecule has 9 heteroatoms. The van der Waals surface area contributed by atoms with Gasteiger partial charge in [-0.3, -0.25) is 9.59 Å². The molecule has 0 saturated carbocycles. The van der Waals surface area contributed by atoms with Crippen molar-refractivity contribution in [3.63, 3.8) is 0 Å². The van der Waals surface area contributed by atoms with Crippen LogP contribution in [0.25, 0.3) is 0 Å². The number of amides is 2. The summed E-state index contributed by atoms with van der Waals surface area (Å²) in [4.78, 5) is 26.6. The molecule has 1 fully saturated rings. The minimum absolute atomic E-state index is 0.0255. The van der Waals surface area contributed by atoms with Crippen LogP contribution in [0.4, 0.5) is 0 Å². The second kappa shape index (κ2) is 5.86. The lowest BCUT2D eigenvalue weighted by atomic mass is 10.3. The lowest BCUT2D eigenvalue weighted by molar-refractivity contribution is -0.130. The molecule has 1 aliphatic rings. The van der Waals surface area contributed by atoms with E-state index in [9.17, 15) is 18.0 Å². The third kappa shape index (κ3) is 3.24. The summed E-state index contributed by atoms with van der Waals surface area (Å²) in [6.07, 6.45) is 0. The number of nitrogens with one attached hydrogen (secondary N) is 1. The van der Waals surface area contributed by atoms with Gasteiger partial charge < -0.3 is 14.2 Å². The number of carbonyl (C=O) groups is 2. The van der Waals surface area contributed by atoms with Crippen LogP contribution in [0.1, 0.15) is 17.5 Å². The van der Waals surface area contributed by atoms with Crippen LogP contribution in [0, 0.1) is 0 Å². The van der Waals surface area contributed by atoms with E-state index in [2.05, 4.69) is 4.72 Å². The summed E-state index contributed by atoms with van der Waals surface area (Å²) in [6.45, 7) is 3.20. The average Bonchev–Trinajstić information content (AvgIpc) is 2.97. The zero-order chi connectivity index (χ0) is 15.6. The molecule has 21 heavy (non-hydrogen) atoms. The van der Waals surface area contributed by atoms with Crippen molar-refractivity contribution < 1.29 is 22.4 Å². The molecule has 2 heterocycles. The number of piperazine rings is 1. The quantitative estimate of drug-likeness (QED) is 0.810. The summed E-state index contributed by atoms with van der Waals surface area (Å²) in [5, 5.41) is -0.296. The first-order valence-electron chi connectivity index (χ1n) is 6.43. The molecule has 2 rings (SSSR count). The van der Waals surface area contributed by atoms with Crippen LogP contribution in [-0.4, -0.2) is 63.3 Å². The summed E-state index contributed by atoms with van der Waals surface area (Å²) >= 11 is 0. The highest BCUT2D eigenvalue weighted by molar-refractivity contribution is 7.89. The third-order valence-corrected chi connectivity index (χ3v) is 4.62. The summed E-state index contributed by atoms with van der Waals surface area (Å²) in [5.74, 6) is -0.432. The molecule has 1 N–H and O–H groups in total. The molecule has 1 aromatic rings. The zero-order valence-corrected chi connectivity index (χ0v) is 12.6. The predicted octanol–water partition coefficient (Wildman–Crippen LogP) is -0.508. The fraction of sp³-hybridized carbons (Fsp3) is 0.500. The molecule has 1 aromatic heterocycles. The van der Waals surface area contributed by atoms with Gasteiger partial charge in [0.25, 0.3) is 15.9 Å². The van der Waals surface area contributed by atoms with Gasteiger partial charge in [-0.05, 0) is 19.2 Å². The van der Waals surface area contributed by atoms with Gasteiger partial charge in [0.05, 0.1) is 0 Å². The van der Waals surface area contributed by atoms with E-state index in [1.807, 2.05) is 0 Å². The van der Waals surface area contributed by atoms with E-state index in [1.54, 1.807) is 4.90 Å². The van der Waals surface area contributed by atoms with Crippen LogP contribution in [-0.2, 0) is 14.8 Å². The van der Waals surface area contributed by atoms with Crippen molar-refractivity contribution in [2.45, 2.75) is 12.0 Å². The Morgan fingerprint density at radius 3 is 2.24 bits per heavy atom. The maximum absolute atomic E-state index is 12.2. The molecule has 0 unspecified atom stereocenters. The molecule has 0 aliphatic carbocycles. The van der Waals surface area contributed by atoms with Gasteiger partial charge in [-0.15, -0.1) is 0 Å². The van der Waals surface area contributed by atoms with Gasteiger partial charge in [-0.2, -0.15) is 0 Å². The molecule has 0 atom stereocenters. The van der Waals surface area contributed by atoms with Gasteiger partial charge in [0.15, 0.2) is 5.76 Å². The van der Waals surface area contributed by atoms with Gasteiger partial charge in [0, 0.05) is 33.1 Å². The molecule has 1 saturated heterocycles. The molecule has 0 spiro atoms. The van der Waals surface area contributed by atoms with E-state index in [0.717, 1.165) is 0 Å². The number of furan rings is 1. The number of carbonyl (C=O) groups excluding carboxylic acids is 2. The van der Waals surface area contributed by atoms with E-state index in [-0.39, 0.29) is 22.7 Å². The second-order valence-electron chi connectivity index (χ2n) is 4.62. The highest BCUT2D eigenvalue weighted by atomic mass is 32.2. The first-order chi connectivity index (χ1) is 9.85. The predicted molar refractivity (Wildman–Crippen MR) is 73.1 cm³/mol. The number of nitrogens with zero attached hydrogens (tertiary/aromatic N) is 2. The van der Waals surface area contributed by atoms with E-state index in [1.165, 1.54) is 31.0 Å². The van der Waals surface area contributed by atoms with E-state index in [0.29, 0.717) is 26.2 Å². The third-order valence-electron chi connectivity index (χ3n) is 3.34. The second-order valence-corrected chi connectivity index (χ2v) is 6.44. The molecule has 0 bridgehead atoms. The Bertz CT molecular complexity index is 644. The lowest BCUT2D eigenvalue weighted by Crippen LogP contribution is -2.50. The van der Waals surface area contributed by atoms with Crippen molar-refractivity contribution >= 4 is 21.8 Å². The standard InChI is InChI=1S/C12H17N3O5S/c1-9(16)14-5-7-15(8-6-14)12(17)10-3-4-11(20-10)21(18,19)13-2/h3-4,13H,5-8H2,1-2H3. The van der Waals surface area contributed by atoms with Crippen molar-refractivity contribution in [2.24, 2.45) is 0 Å². The molecule has 116 valence electrons. The topological polar surface area (TPSA) is 99.9 Å². The highest BCUT2D eigenvalue weighted by Gasteiger charge is 2.26. The first kappa shape index (κ1) is 15.5. The van der Waals surface area contributed by atoms with Crippen LogP contribution in [0.5, 0.6) is 0 Å². The lowest BCUT2D eigenvalue weighted by Gasteiger charge is -2.33. The summed E-state index contributed by atoms with van der Waals surface area (Å²) in [6, 6.07) is 2.58. The number of rotatable bonds is 3. The maximum atomic E-state index is 12.2. The highest BCUT2D eigenvalue weighted by Crippen LogP contribution is 2.16. The van der Waals surface area contributed by atoms with Crippen LogP contribution in [0.2, 0.25) is 0 Å². The van der Waals surface area contributed by atoms with Crippen molar-refractivity contribution in [3.05, 3.63) is 17.9 Å². The number of hydrogen-bond donors (Lipinski definition) is 1. The normalized spacial score (nSPS) is 16.1. The Morgan fingerprint density at radius 2 is 1.71 bits per heavy atom. The largest absolute Gasteiger partial charge is 0.438 e. The van der Waals surface area contributed by atoms with Gasteiger partial charge in [0.2, 0.25) is 11.0 Å². The summed E-state index contributed by atoms with van der Waals surface area (Å²) < 4.78 is 30.3. The van der Waals surface area contributed by atoms with E-state index < -0.39 is 10.0 Å². The van der Waals surface area contributed by atoms with Gasteiger partial charge in [0.1, 0.15) is 0 Å². The maximum Gasteiger partial charge on any atom is 0.289 e. The number of hydrogen-bond acceptors (Lipinski definition) is 5. The molecular formula is C12H17N3O5S. The van der Waals surface area contributed by atoms with Crippen LogP contribution >= 0.6 is 0 Å². The summed E-state index contributed by atoms with van der Waals surface area (Å²) in [5.41, 5.74) is 0. The SMILES string of the molecule is CNS(=O)(=O)c1ccc(C(=O)N2CCN(C(C)=O)CC2)o1. The Kier molecular flexibility index (Phi) is 4.33. The van der Waals surface area contributed by atoms with Crippen LogP contribution < -0.4 is 4.72 Å². The minimum Gasteiger partial charge on any atom is -0.438 e. The molecule has 0 radical (unpaired) electrons. The Balaban J connectivity index is 2.07. The Hall–Kier alpha value is -1.87. The molecule has 1 aliphatic heterocycles. The Morgan fingerprint density at radius 1 is 1.14 bits per heavy atom. The Labute approximate surface area is 122 Å². The van der Waals surface area contributed by atoms with Crippen LogP contribution in [0.3, 0.4) is 0 Å². The van der Waals surface area contributed by atoms with Gasteiger partial charge in [-0.25, -0.2) is 13.1 Å². The average molecular weight is 315 g/mol. The monoisotopic (exact) mass is 315 g/mol. The van der Waals surface area contributed by atoms with Gasteiger partial charge >= 0.3 is 0 Å². The fourth-order valence-electron chi connectivity index (χ4n) is 2.06. The summed E-state index contributed by atoms with van der Waals surface area (Å²) in [7, 11) is -2.44. The molecule has 8 nitrogen and oxygen atoms in total. The van der Waals surface area contributed by atoms with Crippen molar-refractivity contribution in [1.29, 1.82) is 0 Å². The molecule has 2 amide bonds. The number of sulfonamides is 1. The minimum atomic E-state index is -3.70. The van der Waals surface area contributed by atoms with Crippen LogP contribution in [0.15, 0.2) is 21.6 Å². The smallest absolute Gasteiger partial charge is 0.289 e. The molecule has 0 aromatic carbocycles. The van der Waals surface area contributed by atoms with Crippen molar-refractivity contribution in [2.75, 3.05) is 33.2 Å².